The van der Waals surface area contributed by atoms with E-state index in [1.807, 2.05) is 55.5 Å². The Morgan fingerprint density at radius 2 is 1.85 bits per heavy atom. The lowest BCUT2D eigenvalue weighted by Gasteiger charge is -2.12. The number of amides is 1. The van der Waals surface area contributed by atoms with Crippen LogP contribution in [0.2, 0.25) is 0 Å². The monoisotopic (exact) mass is 351 g/mol. The molecule has 5 heteroatoms. The number of hydrogen-bond donors (Lipinski definition) is 1. The first-order valence-electron chi connectivity index (χ1n) is 8.33. The molecule has 1 N–H and O–H groups in total. The van der Waals surface area contributed by atoms with Crippen LogP contribution in [0.15, 0.2) is 65.3 Å². The zero-order chi connectivity index (χ0) is 18.4. The maximum Gasteiger partial charge on any atom is 0.287 e. The largest absolute Gasteiger partial charge is 0.493 e. The Kier molecular flexibility index (Phi) is 5.59. The zero-order valence-corrected chi connectivity index (χ0v) is 14.8. The maximum atomic E-state index is 12.1. The number of aryl methyl sites for hydroxylation is 1. The molecule has 0 unspecified atom stereocenters. The van der Waals surface area contributed by atoms with Gasteiger partial charge >= 0.3 is 0 Å². The molecule has 0 saturated heterocycles. The van der Waals surface area contributed by atoms with E-state index in [1.54, 1.807) is 13.2 Å². The fraction of sp³-hybridized carbons (Fsp3) is 0.190. The summed E-state index contributed by atoms with van der Waals surface area (Å²) in [6.45, 7) is 2.67. The Balaban J connectivity index is 1.62. The molecule has 0 spiro atoms. The van der Waals surface area contributed by atoms with Crippen molar-refractivity contribution >= 4 is 5.91 Å². The van der Waals surface area contributed by atoms with Gasteiger partial charge in [0.15, 0.2) is 17.3 Å². The summed E-state index contributed by atoms with van der Waals surface area (Å²) in [5.74, 6) is 1.38. The smallest absolute Gasteiger partial charge is 0.287 e. The van der Waals surface area contributed by atoms with E-state index in [1.165, 1.54) is 6.26 Å². The minimum atomic E-state index is -0.240. The summed E-state index contributed by atoms with van der Waals surface area (Å²) in [6, 6.07) is 17.3. The summed E-state index contributed by atoms with van der Waals surface area (Å²) in [4.78, 5) is 12.1. The van der Waals surface area contributed by atoms with E-state index < -0.39 is 0 Å². The van der Waals surface area contributed by atoms with Crippen molar-refractivity contribution in [1.82, 2.24) is 5.32 Å². The molecule has 0 aliphatic heterocycles. The minimum absolute atomic E-state index is 0.240. The lowest BCUT2D eigenvalue weighted by molar-refractivity contribution is 0.0922. The highest BCUT2D eigenvalue weighted by atomic mass is 16.5. The predicted octanol–water partition coefficient (Wildman–Crippen LogP) is 4.11. The lowest BCUT2D eigenvalue weighted by Crippen LogP contribution is -2.22. The first-order valence-corrected chi connectivity index (χ1v) is 8.33. The van der Waals surface area contributed by atoms with Gasteiger partial charge in [-0.05, 0) is 36.2 Å². The molecule has 5 nitrogen and oxygen atoms in total. The Hall–Kier alpha value is -3.21. The van der Waals surface area contributed by atoms with Crippen LogP contribution in [0.25, 0.3) is 0 Å². The molecule has 0 radical (unpaired) electrons. The van der Waals surface area contributed by atoms with E-state index >= 15 is 0 Å². The molecule has 0 aliphatic rings. The molecule has 0 fully saturated rings. The molecule has 0 atom stereocenters. The Bertz CT molecular complexity index is 871. The van der Waals surface area contributed by atoms with Crippen molar-refractivity contribution in [2.45, 2.75) is 20.1 Å². The van der Waals surface area contributed by atoms with Gasteiger partial charge in [0.2, 0.25) is 0 Å². The summed E-state index contributed by atoms with van der Waals surface area (Å²) in [6.07, 6.45) is 1.51. The van der Waals surface area contributed by atoms with Crippen molar-refractivity contribution in [3.8, 4) is 11.5 Å². The normalized spacial score (nSPS) is 10.4. The summed E-state index contributed by atoms with van der Waals surface area (Å²) >= 11 is 0. The maximum absolute atomic E-state index is 12.1. The molecule has 3 rings (SSSR count). The van der Waals surface area contributed by atoms with E-state index in [4.69, 9.17) is 13.9 Å². The van der Waals surface area contributed by atoms with Gasteiger partial charge in [0.05, 0.1) is 13.4 Å². The van der Waals surface area contributed by atoms with Crippen molar-refractivity contribution < 1.29 is 18.7 Å². The quantitative estimate of drug-likeness (QED) is 0.696. The average Bonchev–Trinajstić information content (AvgIpc) is 3.11. The molecular formula is C21H21NO4. The number of ether oxygens (including phenoxy) is 2. The molecule has 2 aromatic carbocycles. The van der Waals surface area contributed by atoms with E-state index in [-0.39, 0.29) is 5.91 Å². The molecule has 0 saturated carbocycles. The highest BCUT2D eigenvalue weighted by Gasteiger charge is 2.13. The van der Waals surface area contributed by atoms with Crippen LogP contribution in [0.4, 0.5) is 0 Å². The van der Waals surface area contributed by atoms with Gasteiger partial charge in [-0.25, -0.2) is 0 Å². The first kappa shape index (κ1) is 17.6. The number of carbonyl (C=O) groups excluding carboxylic acids is 1. The van der Waals surface area contributed by atoms with Crippen LogP contribution in [0, 0.1) is 6.92 Å². The highest BCUT2D eigenvalue weighted by Crippen LogP contribution is 2.29. The number of benzene rings is 2. The van der Waals surface area contributed by atoms with Crippen LogP contribution in [0.5, 0.6) is 11.5 Å². The van der Waals surface area contributed by atoms with Crippen LogP contribution in [-0.2, 0) is 13.2 Å². The number of rotatable bonds is 7. The van der Waals surface area contributed by atoms with Crippen LogP contribution in [0.3, 0.4) is 0 Å². The SMILES string of the molecule is COc1cc(CNC(=O)c2occc2C)ccc1OCc1ccccc1. The minimum Gasteiger partial charge on any atom is -0.493 e. The number of methoxy groups -OCH3 is 1. The predicted molar refractivity (Wildman–Crippen MR) is 98.4 cm³/mol. The molecule has 26 heavy (non-hydrogen) atoms. The van der Waals surface area contributed by atoms with Crippen molar-refractivity contribution in [2.24, 2.45) is 0 Å². The third-order valence-electron chi connectivity index (χ3n) is 3.99. The second-order valence-corrected chi connectivity index (χ2v) is 5.87. The highest BCUT2D eigenvalue weighted by molar-refractivity contribution is 5.92. The van der Waals surface area contributed by atoms with Crippen LogP contribution in [-0.4, -0.2) is 13.0 Å². The second-order valence-electron chi connectivity index (χ2n) is 5.87. The number of furan rings is 1. The second kappa shape index (κ2) is 8.25. The van der Waals surface area contributed by atoms with Gasteiger partial charge in [-0.3, -0.25) is 4.79 Å². The molecule has 1 heterocycles. The third-order valence-corrected chi connectivity index (χ3v) is 3.99. The molecular weight excluding hydrogens is 330 g/mol. The first-order chi connectivity index (χ1) is 12.7. The van der Waals surface area contributed by atoms with E-state index in [0.717, 1.165) is 16.7 Å². The van der Waals surface area contributed by atoms with Crippen molar-refractivity contribution in [2.75, 3.05) is 7.11 Å². The molecule has 134 valence electrons. The molecule has 1 aromatic heterocycles. The van der Waals surface area contributed by atoms with Gasteiger partial charge in [-0.2, -0.15) is 0 Å². The lowest BCUT2D eigenvalue weighted by atomic mass is 10.2. The summed E-state index contributed by atoms with van der Waals surface area (Å²) in [7, 11) is 1.60. The molecule has 3 aromatic rings. The number of carbonyl (C=O) groups is 1. The van der Waals surface area contributed by atoms with E-state index in [9.17, 15) is 4.79 Å². The molecule has 0 aliphatic carbocycles. The average molecular weight is 351 g/mol. The van der Waals surface area contributed by atoms with Gasteiger partial charge in [0.25, 0.3) is 5.91 Å². The topological polar surface area (TPSA) is 60.7 Å². The van der Waals surface area contributed by atoms with Gasteiger partial charge in [-0.1, -0.05) is 36.4 Å². The third kappa shape index (κ3) is 4.25. The summed E-state index contributed by atoms with van der Waals surface area (Å²) in [5.41, 5.74) is 2.80. The fourth-order valence-corrected chi connectivity index (χ4v) is 2.54. The Morgan fingerprint density at radius 3 is 2.54 bits per heavy atom. The van der Waals surface area contributed by atoms with Gasteiger partial charge < -0.3 is 19.2 Å². The number of nitrogens with one attached hydrogen (secondary N) is 1. The van der Waals surface area contributed by atoms with Crippen LogP contribution < -0.4 is 14.8 Å². The molecule has 0 bridgehead atoms. The van der Waals surface area contributed by atoms with Crippen LogP contribution >= 0.6 is 0 Å². The standard InChI is InChI=1S/C21H21NO4/c1-15-10-11-25-20(15)21(23)22-13-17-8-9-18(19(12-17)24-2)26-14-16-6-4-3-5-7-16/h3-12H,13-14H2,1-2H3,(H,22,23). The summed E-state index contributed by atoms with van der Waals surface area (Å²) < 4.78 is 16.5. The van der Waals surface area contributed by atoms with Crippen LogP contribution in [0.1, 0.15) is 27.2 Å². The molecule has 1 amide bonds. The van der Waals surface area contributed by atoms with E-state index in [2.05, 4.69) is 5.32 Å². The van der Waals surface area contributed by atoms with Gasteiger partial charge in [-0.15, -0.1) is 0 Å². The van der Waals surface area contributed by atoms with Crippen molar-refractivity contribution in [3.05, 3.63) is 83.3 Å². The Morgan fingerprint density at radius 1 is 1.04 bits per heavy atom. The van der Waals surface area contributed by atoms with Gasteiger partial charge in [0.1, 0.15) is 6.61 Å². The zero-order valence-electron chi connectivity index (χ0n) is 14.8. The van der Waals surface area contributed by atoms with Gasteiger partial charge in [0, 0.05) is 12.1 Å². The summed E-state index contributed by atoms with van der Waals surface area (Å²) in [5, 5.41) is 2.84. The fourth-order valence-electron chi connectivity index (χ4n) is 2.54. The van der Waals surface area contributed by atoms with Crippen molar-refractivity contribution in [3.63, 3.8) is 0 Å². The Labute approximate surface area is 152 Å². The van der Waals surface area contributed by atoms with E-state index in [0.29, 0.717) is 30.4 Å². The van der Waals surface area contributed by atoms with Crippen molar-refractivity contribution in [1.29, 1.82) is 0 Å². The number of hydrogen-bond acceptors (Lipinski definition) is 4.